The number of hydrogen-bond donors (Lipinski definition) is 4. The van der Waals surface area contributed by atoms with E-state index in [9.17, 15) is 20.4 Å². The van der Waals surface area contributed by atoms with E-state index >= 15 is 0 Å². The first-order chi connectivity index (χ1) is 8.13. The number of aromatic hydroxyl groups is 3. The van der Waals surface area contributed by atoms with Crippen LogP contribution in [-0.4, -0.2) is 39.6 Å². The van der Waals surface area contributed by atoms with Crippen LogP contribution in [0.4, 0.5) is 5.69 Å². The number of benzene rings is 1. The fourth-order valence-electron chi connectivity index (χ4n) is 2.29. The highest BCUT2D eigenvalue weighted by Gasteiger charge is 2.23. The number of phenols is 3. The predicted molar refractivity (Wildman–Crippen MR) is 63.5 cm³/mol. The van der Waals surface area contributed by atoms with Crippen molar-refractivity contribution in [1.29, 1.82) is 0 Å². The van der Waals surface area contributed by atoms with E-state index in [4.69, 9.17) is 0 Å². The van der Waals surface area contributed by atoms with Gasteiger partial charge in [0.25, 0.3) is 0 Å². The molecule has 0 bridgehead atoms. The standard InChI is InChI=1S/C12H17NO4/c14-7-8-3-1-2-4-13(8)9-5-10(15)12(17)11(16)6-9/h5-6,8,14-17H,1-4,7H2. The Morgan fingerprint density at radius 1 is 1.12 bits per heavy atom. The molecule has 5 nitrogen and oxygen atoms in total. The highest BCUT2D eigenvalue weighted by molar-refractivity contribution is 5.62. The minimum atomic E-state index is -0.508. The molecule has 2 rings (SSSR count). The molecule has 0 spiro atoms. The average Bonchev–Trinajstić information content (AvgIpc) is 2.35. The number of nitrogens with zero attached hydrogens (tertiary/aromatic N) is 1. The normalized spacial score (nSPS) is 20.5. The second-order valence-corrected chi connectivity index (χ2v) is 4.36. The van der Waals surface area contributed by atoms with Crippen LogP contribution in [0.15, 0.2) is 12.1 Å². The van der Waals surface area contributed by atoms with E-state index in [1.807, 2.05) is 4.90 Å². The van der Waals surface area contributed by atoms with Gasteiger partial charge in [0.2, 0.25) is 0 Å². The molecular weight excluding hydrogens is 222 g/mol. The van der Waals surface area contributed by atoms with Gasteiger partial charge >= 0.3 is 0 Å². The molecule has 17 heavy (non-hydrogen) atoms. The van der Waals surface area contributed by atoms with Gasteiger partial charge in [0.15, 0.2) is 17.2 Å². The quantitative estimate of drug-likeness (QED) is 0.582. The van der Waals surface area contributed by atoms with Gasteiger partial charge in [0.1, 0.15) is 0 Å². The Hall–Kier alpha value is -1.62. The summed E-state index contributed by atoms with van der Waals surface area (Å²) in [5.41, 5.74) is 0.622. The SMILES string of the molecule is OCC1CCCCN1c1cc(O)c(O)c(O)c1. The lowest BCUT2D eigenvalue weighted by Gasteiger charge is -2.36. The first-order valence-corrected chi connectivity index (χ1v) is 5.76. The summed E-state index contributed by atoms with van der Waals surface area (Å²) in [7, 11) is 0. The zero-order chi connectivity index (χ0) is 12.4. The van der Waals surface area contributed by atoms with Gasteiger partial charge in [-0.25, -0.2) is 0 Å². The van der Waals surface area contributed by atoms with Crippen LogP contribution in [0, 0.1) is 0 Å². The van der Waals surface area contributed by atoms with Crippen molar-refractivity contribution in [1.82, 2.24) is 0 Å². The largest absolute Gasteiger partial charge is 0.504 e. The molecule has 0 aliphatic carbocycles. The highest BCUT2D eigenvalue weighted by atomic mass is 16.3. The van der Waals surface area contributed by atoms with E-state index < -0.39 is 5.75 Å². The second kappa shape index (κ2) is 4.71. The monoisotopic (exact) mass is 239 g/mol. The van der Waals surface area contributed by atoms with E-state index in [1.165, 1.54) is 12.1 Å². The van der Waals surface area contributed by atoms with Crippen molar-refractivity contribution in [2.45, 2.75) is 25.3 Å². The van der Waals surface area contributed by atoms with Crippen molar-refractivity contribution < 1.29 is 20.4 Å². The molecule has 1 aromatic carbocycles. The summed E-state index contributed by atoms with van der Waals surface area (Å²) in [5, 5.41) is 37.5. The Morgan fingerprint density at radius 2 is 1.76 bits per heavy atom. The van der Waals surface area contributed by atoms with Gasteiger partial charge in [0, 0.05) is 24.4 Å². The number of hydrogen-bond acceptors (Lipinski definition) is 5. The molecule has 1 aliphatic rings. The molecule has 1 fully saturated rings. The lowest BCUT2D eigenvalue weighted by molar-refractivity contribution is 0.240. The third-order valence-corrected chi connectivity index (χ3v) is 3.22. The lowest BCUT2D eigenvalue weighted by Crippen LogP contribution is -2.41. The number of phenolic OH excluding ortho intramolecular Hbond substituents is 3. The predicted octanol–water partition coefficient (Wildman–Crippen LogP) is 1.15. The Balaban J connectivity index is 2.32. The maximum atomic E-state index is 9.47. The van der Waals surface area contributed by atoms with Crippen LogP contribution in [0.2, 0.25) is 0 Å². The summed E-state index contributed by atoms with van der Waals surface area (Å²) >= 11 is 0. The minimum Gasteiger partial charge on any atom is -0.504 e. The Bertz CT molecular complexity index is 384. The number of rotatable bonds is 2. The number of anilines is 1. The zero-order valence-corrected chi connectivity index (χ0v) is 9.50. The van der Waals surface area contributed by atoms with Gasteiger partial charge in [-0.05, 0) is 19.3 Å². The van der Waals surface area contributed by atoms with Gasteiger partial charge < -0.3 is 25.3 Å². The highest BCUT2D eigenvalue weighted by Crippen LogP contribution is 2.39. The van der Waals surface area contributed by atoms with Crippen LogP contribution >= 0.6 is 0 Å². The van der Waals surface area contributed by atoms with Crippen LogP contribution in [0.25, 0.3) is 0 Å². The molecule has 4 N–H and O–H groups in total. The molecule has 0 aromatic heterocycles. The van der Waals surface area contributed by atoms with Gasteiger partial charge in [0.05, 0.1) is 12.6 Å². The van der Waals surface area contributed by atoms with E-state index in [2.05, 4.69) is 0 Å². The van der Waals surface area contributed by atoms with E-state index in [0.717, 1.165) is 25.8 Å². The third kappa shape index (κ3) is 2.24. The Morgan fingerprint density at radius 3 is 2.35 bits per heavy atom. The molecule has 0 saturated carbocycles. The van der Waals surface area contributed by atoms with Crippen molar-refractivity contribution in [2.24, 2.45) is 0 Å². The third-order valence-electron chi connectivity index (χ3n) is 3.22. The molecule has 0 radical (unpaired) electrons. The summed E-state index contributed by atoms with van der Waals surface area (Å²) < 4.78 is 0. The zero-order valence-electron chi connectivity index (χ0n) is 9.50. The van der Waals surface area contributed by atoms with Crippen LogP contribution in [0.5, 0.6) is 17.2 Å². The summed E-state index contributed by atoms with van der Waals surface area (Å²) in [6, 6.07) is 2.82. The van der Waals surface area contributed by atoms with Crippen LogP contribution < -0.4 is 4.90 Å². The molecule has 94 valence electrons. The molecular formula is C12H17NO4. The van der Waals surface area contributed by atoms with Crippen LogP contribution in [-0.2, 0) is 0 Å². The summed E-state index contributed by atoms with van der Waals surface area (Å²) in [5.74, 6) is -1.20. The smallest absolute Gasteiger partial charge is 0.200 e. The average molecular weight is 239 g/mol. The second-order valence-electron chi connectivity index (χ2n) is 4.36. The molecule has 1 atom stereocenters. The molecule has 0 amide bonds. The first kappa shape index (κ1) is 11.9. The molecule has 1 aromatic rings. The van der Waals surface area contributed by atoms with E-state index in [1.54, 1.807) is 0 Å². The fraction of sp³-hybridized carbons (Fsp3) is 0.500. The van der Waals surface area contributed by atoms with Crippen molar-refractivity contribution >= 4 is 5.69 Å². The number of aliphatic hydroxyl groups is 1. The fourth-order valence-corrected chi connectivity index (χ4v) is 2.29. The minimum absolute atomic E-state index is 0.00657. The van der Waals surface area contributed by atoms with Crippen LogP contribution in [0.3, 0.4) is 0 Å². The van der Waals surface area contributed by atoms with E-state index in [-0.39, 0.29) is 24.1 Å². The van der Waals surface area contributed by atoms with Crippen molar-refractivity contribution in [3.05, 3.63) is 12.1 Å². The maximum Gasteiger partial charge on any atom is 0.200 e. The lowest BCUT2D eigenvalue weighted by atomic mass is 10.0. The van der Waals surface area contributed by atoms with Crippen molar-refractivity contribution in [3.8, 4) is 17.2 Å². The van der Waals surface area contributed by atoms with Crippen molar-refractivity contribution in [2.75, 3.05) is 18.1 Å². The Labute approximate surface area is 99.6 Å². The number of piperidine rings is 1. The maximum absolute atomic E-state index is 9.47. The van der Waals surface area contributed by atoms with Gasteiger partial charge in [-0.2, -0.15) is 0 Å². The molecule has 5 heteroatoms. The van der Waals surface area contributed by atoms with Gasteiger partial charge in [-0.3, -0.25) is 0 Å². The number of aliphatic hydroxyl groups excluding tert-OH is 1. The molecule has 1 saturated heterocycles. The Kier molecular flexibility index (Phi) is 3.28. The molecule has 1 aliphatic heterocycles. The first-order valence-electron chi connectivity index (χ1n) is 5.76. The van der Waals surface area contributed by atoms with E-state index in [0.29, 0.717) is 5.69 Å². The topological polar surface area (TPSA) is 84.2 Å². The summed E-state index contributed by atoms with van der Waals surface area (Å²) in [6.45, 7) is 0.817. The van der Waals surface area contributed by atoms with Crippen molar-refractivity contribution in [3.63, 3.8) is 0 Å². The van der Waals surface area contributed by atoms with Crippen LogP contribution in [0.1, 0.15) is 19.3 Å². The summed E-state index contributed by atoms with van der Waals surface area (Å²) in [6.07, 6.45) is 2.97. The van der Waals surface area contributed by atoms with Gasteiger partial charge in [-0.1, -0.05) is 0 Å². The molecule has 1 unspecified atom stereocenters. The summed E-state index contributed by atoms with van der Waals surface area (Å²) in [4.78, 5) is 1.95. The molecule has 1 heterocycles. The van der Waals surface area contributed by atoms with Gasteiger partial charge in [-0.15, -0.1) is 0 Å².